The number of hydrogen-bond acceptors (Lipinski definition) is 4. The van der Waals surface area contributed by atoms with Crippen molar-refractivity contribution in [2.24, 2.45) is 11.5 Å². The highest BCUT2D eigenvalue weighted by Crippen LogP contribution is 2.17. The van der Waals surface area contributed by atoms with E-state index in [9.17, 15) is 4.79 Å². The summed E-state index contributed by atoms with van der Waals surface area (Å²) in [6, 6.07) is 1.70. The summed E-state index contributed by atoms with van der Waals surface area (Å²) in [5.74, 6) is -0.287. The van der Waals surface area contributed by atoms with Gasteiger partial charge in [0, 0.05) is 12.7 Å². The van der Waals surface area contributed by atoms with Crippen LogP contribution in [0.3, 0.4) is 0 Å². The molecule has 5 heteroatoms. The summed E-state index contributed by atoms with van der Waals surface area (Å²) >= 11 is 0. The number of nitrogens with two attached hydrogens (primary N) is 2. The summed E-state index contributed by atoms with van der Waals surface area (Å²) in [5.41, 5.74) is 11.5. The standard InChI is InChI=1S/C9H13N3O2/c1-6-2-4-12-9(14-5-3-10)7(6)8(11)13/h2,4H,3,5,10H2,1H3,(H2,11,13). The van der Waals surface area contributed by atoms with Crippen LogP contribution in [-0.4, -0.2) is 24.0 Å². The Hall–Kier alpha value is -1.62. The molecule has 4 N–H and O–H groups in total. The maximum Gasteiger partial charge on any atom is 0.254 e. The Labute approximate surface area is 82.1 Å². The molecule has 0 saturated heterocycles. The lowest BCUT2D eigenvalue weighted by Gasteiger charge is -2.08. The SMILES string of the molecule is Cc1ccnc(OCCN)c1C(N)=O. The van der Waals surface area contributed by atoms with E-state index in [4.69, 9.17) is 16.2 Å². The number of aromatic nitrogens is 1. The minimum absolute atomic E-state index is 0.253. The number of nitrogens with zero attached hydrogens (tertiary/aromatic N) is 1. The van der Waals surface area contributed by atoms with Gasteiger partial charge in [0.2, 0.25) is 5.88 Å². The molecule has 1 rings (SSSR count). The number of rotatable bonds is 4. The van der Waals surface area contributed by atoms with Crippen LogP contribution < -0.4 is 16.2 Å². The first-order valence-electron chi connectivity index (χ1n) is 4.25. The lowest BCUT2D eigenvalue weighted by atomic mass is 10.1. The Balaban J connectivity index is 3.02. The molecule has 0 unspecified atom stereocenters. The maximum atomic E-state index is 11.1. The van der Waals surface area contributed by atoms with Crippen molar-refractivity contribution in [1.29, 1.82) is 0 Å². The van der Waals surface area contributed by atoms with E-state index in [1.807, 2.05) is 0 Å². The topological polar surface area (TPSA) is 91.2 Å². The molecule has 0 radical (unpaired) electrons. The van der Waals surface area contributed by atoms with Crippen molar-refractivity contribution in [2.75, 3.05) is 13.2 Å². The van der Waals surface area contributed by atoms with Crippen LogP contribution in [0.2, 0.25) is 0 Å². The second-order valence-electron chi connectivity index (χ2n) is 2.81. The summed E-state index contributed by atoms with van der Waals surface area (Å²) < 4.78 is 5.19. The molecule has 0 bridgehead atoms. The summed E-state index contributed by atoms with van der Waals surface area (Å²) in [7, 11) is 0. The largest absolute Gasteiger partial charge is 0.476 e. The predicted molar refractivity (Wildman–Crippen MR) is 52.0 cm³/mol. The molecular weight excluding hydrogens is 182 g/mol. The van der Waals surface area contributed by atoms with Gasteiger partial charge in [-0.3, -0.25) is 4.79 Å². The fourth-order valence-electron chi connectivity index (χ4n) is 1.10. The second-order valence-corrected chi connectivity index (χ2v) is 2.81. The number of carbonyl (C=O) groups excluding carboxylic acids is 1. The normalized spacial score (nSPS) is 9.86. The third-order valence-corrected chi connectivity index (χ3v) is 1.73. The number of amides is 1. The Kier molecular flexibility index (Phi) is 3.41. The van der Waals surface area contributed by atoms with Crippen molar-refractivity contribution < 1.29 is 9.53 Å². The summed E-state index contributed by atoms with van der Waals surface area (Å²) in [4.78, 5) is 15.0. The van der Waals surface area contributed by atoms with Gasteiger partial charge in [0.25, 0.3) is 5.91 Å². The third-order valence-electron chi connectivity index (χ3n) is 1.73. The van der Waals surface area contributed by atoms with E-state index in [1.54, 1.807) is 19.2 Å². The minimum atomic E-state index is -0.539. The molecule has 1 aromatic rings. The van der Waals surface area contributed by atoms with Crippen LogP contribution in [0, 0.1) is 6.92 Å². The summed E-state index contributed by atoms with van der Waals surface area (Å²) in [6.07, 6.45) is 1.56. The molecule has 0 saturated carbocycles. The van der Waals surface area contributed by atoms with Crippen LogP contribution >= 0.6 is 0 Å². The summed E-state index contributed by atoms with van der Waals surface area (Å²) in [6.45, 7) is 2.46. The zero-order valence-electron chi connectivity index (χ0n) is 7.99. The second kappa shape index (κ2) is 4.57. The maximum absolute atomic E-state index is 11.1. The number of pyridine rings is 1. The Bertz CT molecular complexity index is 339. The van der Waals surface area contributed by atoms with Gasteiger partial charge < -0.3 is 16.2 Å². The summed E-state index contributed by atoms with van der Waals surface area (Å²) in [5, 5.41) is 0. The van der Waals surface area contributed by atoms with Gasteiger partial charge in [0.1, 0.15) is 12.2 Å². The zero-order valence-corrected chi connectivity index (χ0v) is 7.99. The van der Waals surface area contributed by atoms with E-state index >= 15 is 0 Å². The Morgan fingerprint density at radius 2 is 2.36 bits per heavy atom. The van der Waals surface area contributed by atoms with Crippen molar-refractivity contribution >= 4 is 5.91 Å². The monoisotopic (exact) mass is 195 g/mol. The minimum Gasteiger partial charge on any atom is -0.476 e. The van der Waals surface area contributed by atoms with E-state index in [0.29, 0.717) is 18.7 Å². The molecule has 14 heavy (non-hydrogen) atoms. The van der Waals surface area contributed by atoms with Crippen molar-refractivity contribution in [1.82, 2.24) is 4.98 Å². The number of carbonyl (C=O) groups is 1. The van der Waals surface area contributed by atoms with Gasteiger partial charge in [-0.2, -0.15) is 0 Å². The van der Waals surface area contributed by atoms with E-state index in [2.05, 4.69) is 4.98 Å². The molecule has 0 aliphatic carbocycles. The van der Waals surface area contributed by atoms with E-state index in [-0.39, 0.29) is 5.88 Å². The Morgan fingerprint density at radius 3 is 2.93 bits per heavy atom. The van der Waals surface area contributed by atoms with Gasteiger partial charge in [0.05, 0.1) is 0 Å². The van der Waals surface area contributed by atoms with E-state index in [1.165, 1.54) is 0 Å². The number of primary amides is 1. The molecule has 0 spiro atoms. The molecule has 0 atom stereocenters. The molecule has 76 valence electrons. The molecule has 1 aromatic heterocycles. The first-order valence-corrected chi connectivity index (χ1v) is 4.25. The van der Waals surface area contributed by atoms with Crippen molar-refractivity contribution in [3.63, 3.8) is 0 Å². The zero-order chi connectivity index (χ0) is 10.6. The molecular formula is C9H13N3O2. The van der Waals surface area contributed by atoms with Crippen LogP contribution in [0.1, 0.15) is 15.9 Å². The third kappa shape index (κ3) is 2.20. The van der Waals surface area contributed by atoms with Gasteiger partial charge in [-0.15, -0.1) is 0 Å². The van der Waals surface area contributed by atoms with Gasteiger partial charge in [0.15, 0.2) is 0 Å². The fraction of sp³-hybridized carbons (Fsp3) is 0.333. The number of ether oxygens (including phenoxy) is 1. The van der Waals surface area contributed by atoms with Crippen LogP contribution in [0.15, 0.2) is 12.3 Å². The van der Waals surface area contributed by atoms with Crippen LogP contribution in [0.4, 0.5) is 0 Å². The lowest BCUT2D eigenvalue weighted by Crippen LogP contribution is -2.18. The van der Waals surface area contributed by atoms with Gasteiger partial charge in [-0.25, -0.2) is 4.98 Å². The quantitative estimate of drug-likeness (QED) is 0.697. The van der Waals surface area contributed by atoms with E-state index < -0.39 is 5.91 Å². The number of aryl methyl sites for hydroxylation is 1. The molecule has 1 heterocycles. The lowest BCUT2D eigenvalue weighted by molar-refractivity contribution is 0.0995. The highest BCUT2D eigenvalue weighted by atomic mass is 16.5. The average molecular weight is 195 g/mol. The first kappa shape index (κ1) is 10.5. The van der Waals surface area contributed by atoms with Crippen LogP contribution in [-0.2, 0) is 0 Å². The smallest absolute Gasteiger partial charge is 0.254 e. The van der Waals surface area contributed by atoms with Gasteiger partial charge in [-0.05, 0) is 18.6 Å². The van der Waals surface area contributed by atoms with Crippen molar-refractivity contribution in [3.05, 3.63) is 23.4 Å². The molecule has 0 aliphatic rings. The fourth-order valence-corrected chi connectivity index (χ4v) is 1.10. The Morgan fingerprint density at radius 1 is 1.64 bits per heavy atom. The van der Waals surface area contributed by atoms with Gasteiger partial charge in [-0.1, -0.05) is 0 Å². The highest BCUT2D eigenvalue weighted by Gasteiger charge is 2.13. The van der Waals surface area contributed by atoms with Crippen LogP contribution in [0.25, 0.3) is 0 Å². The van der Waals surface area contributed by atoms with Gasteiger partial charge >= 0.3 is 0 Å². The van der Waals surface area contributed by atoms with E-state index in [0.717, 1.165) is 5.56 Å². The molecule has 0 aromatic carbocycles. The first-order chi connectivity index (χ1) is 6.66. The van der Waals surface area contributed by atoms with Crippen molar-refractivity contribution in [3.8, 4) is 5.88 Å². The molecule has 0 aliphatic heterocycles. The average Bonchev–Trinajstić information content (AvgIpc) is 2.14. The highest BCUT2D eigenvalue weighted by molar-refractivity contribution is 5.96. The molecule has 1 amide bonds. The molecule has 5 nitrogen and oxygen atoms in total. The predicted octanol–water partition coefficient (Wildman–Crippen LogP) is -0.174. The molecule has 0 fully saturated rings. The van der Waals surface area contributed by atoms with Crippen LogP contribution in [0.5, 0.6) is 5.88 Å². The number of hydrogen-bond donors (Lipinski definition) is 2. The van der Waals surface area contributed by atoms with Crippen molar-refractivity contribution in [2.45, 2.75) is 6.92 Å².